The lowest BCUT2D eigenvalue weighted by molar-refractivity contribution is -0.385. The smallest absolute Gasteiger partial charge is 0.264 e. The molecule has 0 saturated heterocycles. The second-order valence-electron chi connectivity index (χ2n) is 3.43. The molecule has 17 heavy (non-hydrogen) atoms. The molecule has 0 fully saturated rings. The molecule has 1 rings (SSSR count). The Kier molecular flexibility index (Phi) is 4.84. The molecule has 1 aromatic carbocycles. The number of rotatable bonds is 5. The maximum absolute atomic E-state index is 10.9. The van der Waals surface area contributed by atoms with Crippen LogP contribution in [0.5, 0.6) is 0 Å². The van der Waals surface area contributed by atoms with Crippen molar-refractivity contribution < 1.29 is 4.92 Å². The highest BCUT2D eigenvalue weighted by molar-refractivity contribution is 6.31. The first-order valence-electron chi connectivity index (χ1n) is 5.21. The van der Waals surface area contributed by atoms with Crippen LogP contribution in [0.25, 0.3) is 0 Å². The minimum atomic E-state index is -0.431. The number of benzene rings is 1. The van der Waals surface area contributed by atoms with Crippen molar-refractivity contribution in [3.05, 3.63) is 51.2 Å². The second kappa shape index (κ2) is 6.15. The Morgan fingerprint density at radius 1 is 1.59 bits per heavy atom. The number of nitro groups is 1. The van der Waals surface area contributed by atoms with Crippen molar-refractivity contribution >= 4 is 23.5 Å². The fraction of sp³-hybridized carbons (Fsp3) is 0.250. The van der Waals surface area contributed by atoms with E-state index in [-0.39, 0.29) is 5.69 Å². The largest absolute Gasteiger partial charge is 0.278 e. The van der Waals surface area contributed by atoms with E-state index in [1.54, 1.807) is 6.07 Å². The molecule has 0 radical (unpaired) electrons. The number of hydrogen-bond donors (Lipinski definition) is 0. The van der Waals surface area contributed by atoms with Crippen LogP contribution < -0.4 is 0 Å². The van der Waals surface area contributed by atoms with Gasteiger partial charge in [-0.15, -0.1) is 0 Å². The Labute approximate surface area is 105 Å². The summed E-state index contributed by atoms with van der Waals surface area (Å²) in [6, 6.07) is 2.95. The van der Waals surface area contributed by atoms with Gasteiger partial charge in [-0.3, -0.25) is 15.1 Å². The fourth-order valence-electron chi connectivity index (χ4n) is 1.56. The molecule has 0 aromatic heterocycles. The molecular formula is C12H13ClN2O2. The summed E-state index contributed by atoms with van der Waals surface area (Å²) in [5.41, 5.74) is 1.24. The monoisotopic (exact) mass is 252 g/mol. The molecular weight excluding hydrogens is 240 g/mol. The summed E-state index contributed by atoms with van der Waals surface area (Å²) in [6.45, 7) is 5.44. The predicted octanol–water partition coefficient (Wildman–Crippen LogP) is 3.76. The van der Waals surface area contributed by atoms with Crippen molar-refractivity contribution in [3.63, 3.8) is 0 Å². The first-order valence-corrected chi connectivity index (χ1v) is 5.59. The topological polar surface area (TPSA) is 55.5 Å². The Bertz CT molecular complexity index is 470. The molecule has 0 saturated carbocycles. The summed E-state index contributed by atoms with van der Waals surface area (Å²) in [6.07, 6.45) is 4.30. The second-order valence-corrected chi connectivity index (χ2v) is 3.83. The Balaban J connectivity index is 3.43. The Hall–Kier alpha value is -1.68. The van der Waals surface area contributed by atoms with Crippen LogP contribution >= 0.6 is 11.6 Å². The molecule has 0 heterocycles. The molecule has 0 spiro atoms. The number of halogens is 1. The van der Waals surface area contributed by atoms with Crippen LogP contribution in [0.2, 0.25) is 5.02 Å². The van der Waals surface area contributed by atoms with Gasteiger partial charge in [0.1, 0.15) is 0 Å². The molecule has 0 unspecified atom stereocenters. The molecule has 0 bridgehead atoms. The maximum Gasteiger partial charge on any atom is 0.278 e. The fourth-order valence-corrected chi connectivity index (χ4v) is 1.82. The first kappa shape index (κ1) is 13.4. The van der Waals surface area contributed by atoms with Crippen molar-refractivity contribution in [1.82, 2.24) is 0 Å². The van der Waals surface area contributed by atoms with Gasteiger partial charge in [0.25, 0.3) is 5.69 Å². The Morgan fingerprint density at radius 2 is 2.29 bits per heavy atom. The lowest BCUT2D eigenvalue weighted by atomic mass is 10.0. The minimum absolute atomic E-state index is 0.0171. The van der Waals surface area contributed by atoms with E-state index in [4.69, 9.17) is 11.6 Å². The molecule has 4 nitrogen and oxygen atoms in total. The summed E-state index contributed by atoms with van der Waals surface area (Å²) in [7, 11) is 0. The van der Waals surface area contributed by atoms with Crippen LogP contribution in [0.3, 0.4) is 0 Å². The SMILES string of the molecule is C=CN=Cc1c([N+](=O)[O-])ccc(Cl)c1CCC. The van der Waals surface area contributed by atoms with Crippen LogP contribution in [0.4, 0.5) is 5.69 Å². The highest BCUT2D eigenvalue weighted by Gasteiger charge is 2.18. The van der Waals surface area contributed by atoms with E-state index in [0.717, 1.165) is 12.0 Å². The predicted molar refractivity (Wildman–Crippen MR) is 69.9 cm³/mol. The van der Waals surface area contributed by atoms with E-state index in [0.29, 0.717) is 17.0 Å². The number of aliphatic imine (C=N–C) groups is 1. The zero-order chi connectivity index (χ0) is 12.8. The third-order valence-electron chi connectivity index (χ3n) is 2.28. The van der Waals surface area contributed by atoms with Gasteiger partial charge < -0.3 is 0 Å². The molecule has 0 N–H and O–H groups in total. The number of nitro benzene ring substituents is 1. The molecule has 0 amide bonds. The highest BCUT2D eigenvalue weighted by Crippen LogP contribution is 2.28. The van der Waals surface area contributed by atoms with E-state index in [2.05, 4.69) is 11.6 Å². The highest BCUT2D eigenvalue weighted by atomic mass is 35.5. The molecule has 0 atom stereocenters. The average Bonchev–Trinajstić information content (AvgIpc) is 2.29. The molecule has 0 aliphatic carbocycles. The zero-order valence-electron chi connectivity index (χ0n) is 9.52. The van der Waals surface area contributed by atoms with Gasteiger partial charge in [-0.2, -0.15) is 0 Å². The number of nitrogens with zero attached hydrogens (tertiary/aromatic N) is 2. The maximum atomic E-state index is 10.9. The van der Waals surface area contributed by atoms with Crippen LogP contribution in [-0.4, -0.2) is 11.1 Å². The minimum Gasteiger partial charge on any atom is -0.264 e. The lowest BCUT2D eigenvalue weighted by Gasteiger charge is -2.07. The zero-order valence-corrected chi connectivity index (χ0v) is 10.3. The summed E-state index contributed by atoms with van der Waals surface area (Å²) in [5.74, 6) is 0. The van der Waals surface area contributed by atoms with E-state index in [9.17, 15) is 10.1 Å². The summed E-state index contributed by atoms with van der Waals surface area (Å²) in [5, 5.41) is 11.5. The molecule has 1 aromatic rings. The standard InChI is InChI=1S/C12H13ClN2O2/c1-3-5-9-10(8-14-4-2)12(15(16)17)7-6-11(9)13/h4,6-8H,2-3,5H2,1H3. The van der Waals surface area contributed by atoms with Crippen molar-refractivity contribution in [3.8, 4) is 0 Å². The van der Waals surface area contributed by atoms with Gasteiger partial charge in [-0.1, -0.05) is 31.5 Å². The molecule has 0 aliphatic rings. The van der Waals surface area contributed by atoms with Crippen LogP contribution in [0, 0.1) is 10.1 Å². The third kappa shape index (κ3) is 3.14. The van der Waals surface area contributed by atoms with Gasteiger partial charge in [-0.05, 0) is 18.1 Å². The van der Waals surface area contributed by atoms with Gasteiger partial charge >= 0.3 is 0 Å². The van der Waals surface area contributed by atoms with Crippen molar-refractivity contribution in [2.75, 3.05) is 0 Å². The van der Waals surface area contributed by atoms with Crippen molar-refractivity contribution in [2.24, 2.45) is 4.99 Å². The molecule has 5 heteroatoms. The quantitative estimate of drug-likeness (QED) is 0.455. The third-order valence-corrected chi connectivity index (χ3v) is 2.64. The van der Waals surface area contributed by atoms with Crippen molar-refractivity contribution in [1.29, 1.82) is 0 Å². The van der Waals surface area contributed by atoms with Gasteiger partial charge in [-0.25, -0.2) is 0 Å². The lowest BCUT2D eigenvalue weighted by Crippen LogP contribution is -2.01. The van der Waals surface area contributed by atoms with Crippen LogP contribution in [0.15, 0.2) is 29.9 Å². The summed E-state index contributed by atoms with van der Waals surface area (Å²) in [4.78, 5) is 14.3. The first-order chi connectivity index (χ1) is 8.11. The van der Waals surface area contributed by atoms with Crippen LogP contribution in [-0.2, 0) is 6.42 Å². The number of hydrogen-bond acceptors (Lipinski definition) is 3. The molecule has 0 aliphatic heterocycles. The van der Waals surface area contributed by atoms with Crippen LogP contribution in [0.1, 0.15) is 24.5 Å². The van der Waals surface area contributed by atoms with Gasteiger partial charge in [0.05, 0.1) is 10.5 Å². The van der Waals surface area contributed by atoms with E-state index < -0.39 is 4.92 Å². The molecule has 90 valence electrons. The summed E-state index contributed by atoms with van der Waals surface area (Å²) >= 11 is 6.05. The Morgan fingerprint density at radius 3 is 2.82 bits per heavy atom. The van der Waals surface area contributed by atoms with Gasteiger partial charge in [0.15, 0.2) is 0 Å². The van der Waals surface area contributed by atoms with E-state index in [1.165, 1.54) is 18.5 Å². The van der Waals surface area contributed by atoms with Crippen molar-refractivity contribution in [2.45, 2.75) is 19.8 Å². The normalized spacial score (nSPS) is 10.7. The summed E-state index contributed by atoms with van der Waals surface area (Å²) < 4.78 is 0. The average molecular weight is 253 g/mol. The van der Waals surface area contributed by atoms with E-state index >= 15 is 0 Å². The van der Waals surface area contributed by atoms with Gasteiger partial charge in [0, 0.05) is 23.5 Å². The van der Waals surface area contributed by atoms with Gasteiger partial charge in [0.2, 0.25) is 0 Å². The van der Waals surface area contributed by atoms with E-state index in [1.807, 2.05) is 6.92 Å².